The van der Waals surface area contributed by atoms with Crippen molar-refractivity contribution in [2.75, 3.05) is 13.7 Å². The Morgan fingerprint density at radius 3 is 2.75 bits per heavy atom. The molecule has 4 heteroatoms. The summed E-state index contributed by atoms with van der Waals surface area (Å²) in [5.74, 6) is 1.34. The molecule has 0 fully saturated rings. The van der Waals surface area contributed by atoms with E-state index in [9.17, 15) is 0 Å². The minimum Gasteiger partial charge on any atom is -0.493 e. The Kier molecular flexibility index (Phi) is 4.62. The SMILES string of the molecule is CCOc1cc([C@@H](N)CC#N)ccc1OC. The molecule has 0 radical (unpaired) electrons. The highest BCUT2D eigenvalue weighted by atomic mass is 16.5. The molecule has 0 heterocycles. The van der Waals surface area contributed by atoms with Crippen LogP contribution in [0, 0.1) is 11.3 Å². The van der Waals surface area contributed by atoms with Gasteiger partial charge in [-0.2, -0.15) is 5.26 Å². The van der Waals surface area contributed by atoms with Crippen molar-refractivity contribution in [3.63, 3.8) is 0 Å². The molecule has 1 rings (SSSR count). The molecule has 0 spiro atoms. The molecule has 0 saturated heterocycles. The highest BCUT2D eigenvalue weighted by Gasteiger charge is 2.10. The Hall–Kier alpha value is -1.73. The summed E-state index contributed by atoms with van der Waals surface area (Å²) in [6.07, 6.45) is 0.290. The normalized spacial score (nSPS) is 11.6. The first-order valence-corrected chi connectivity index (χ1v) is 5.16. The van der Waals surface area contributed by atoms with Gasteiger partial charge in [0.2, 0.25) is 0 Å². The third-order valence-corrected chi connectivity index (χ3v) is 2.23. The van der Waals surface area contributed by atoms with Crippen LogP contribution in [0.4, 0.5) is 0 Å². The van der Waals surface area contributed by atoms with Crippen LogP contribution < -0.4 is 15.2 Å². The summed E-state index contributed by atoms with van der Waals surface area (Å²) in [6.45, 7) is 2.47. The lowest BCUT2D eigenvalue weighted by Gasteiger charge is -2.13. The quantitative estimate of drug-likeness (QED) is 0.824. The largest absolute Gasteiger partial charge is 0.493 e. The van der Waals surface area contributed by atoms with Crippen molar-refractivity contribution < 1.29 is 9.47 Å². The lowest BCUT2D eigenvalue weighted by molar-refractivity contribution is 0.310. The van der Waals surface area contributed by atoms with Crippen LogP contribution in [0.1, 0.15) is 24.9 Å². The molecular formula is C12H16N2O2. The maximum Gasteiger partial charge on any atom is 0.161 e. The van der Waals surface area contributed by atoms with Gasteiger partial charge in [0.1, 0.15) is 0 Å². The molecule has 0 aliphatic rings. The number of methoxy groups -OCH3 is 1. The lowest BCUT2D eigenvalue weighted by Crippen LogP contribution is -2.09. The van der Waals surface area contributed by atoms with Crippen molar-refractivity contribution in [2.24, 2.45) is 5.73 Å². The van der Waals surface area contributed by atoms with Gasteiger partial charge >= 0.3 is 0 Å². The Morgan fingerprint density at radius 1 is 1.44 bits per heavy atom. The summed E-state index contributed by atoms with van der Waals surface area (Å²) in [5, 5.41) is 8.59. The molecule has 4 nitrogen and oxygen atoms in total. The van der Waals surface area contributed by atoms with Crippen molar-refractivity contribution in [1.29, 1.82) is 5.26 Å². The average Bonchev–Trinajstić information content (AvgIpc) is 2.29. The summed E-state index contributed by atoms with van der Waals surface area (Å²) in [7, 11) is 1.59. The van der Waals surface area contributed by atoms with E-state index in [2.05, 4.69) is 0 Å². The summed E-state index contributed by atoms with van der Waals surface area (Å²) < 4.78 is 10.6. The Morgan fingerprint density at radius 2 is 2.19 bits per heavy atom. The topological polar surface area (TPSA) is 68.3 Å². The first-order valence-electron chi connectivity index (χ1n) is 5.16. The zero-order valence-electron chi connectivity index (χ0n) is 9.56. The molecule has 0 aromatic heterocycles. The van der Waals surface area contributed by atoms with Crippen LogP contribution in [-0.4, -0.2) is 13.7 Å². The van der Waals surface area contributed by atoms with Gasteiger partial charge in [0, 0.05) is 6.04 Å². The smallest absolute Gasteiger partial charge is 0.161 e. The molecule has 1 aromatic rings. The van der Waals surface area contributed by atoms with Crippen molar-refractivity contribution >= 4 is 0 Å². The molecule has 0 unspecified atom stereocenters. The fourth-order valence-electron chi connectivity index (χ4n) is 1.41. The van der Waals surface area contributed by atoms with E-state index in [4.69, 9.17) is 20.5 Å². The standard InChI is InChI=1S/C12H16N2O2/c1-3-16-12-8-9(10(14)6-7-13)4-5-11(12)15-2/h4-5,8,10H,3,6,14H2,1-2H3/t10-/m0/s1. The van der Waals surface area contributed by atoms with Crippen LogP contribution in [0.15, 0.2) is 18.2 Å². The van der Waals surface area contributed by atoms with Gasteiger partial charge in [-0.1, -0.05) is 6.07 Å². The van der Waals surface area contributed by atoms with E-state index in [0.29, 0.717) is 18.1 Å². The van der Waals surface area contributed by atoms with Gasteiger partial charge in [-0.25, -0.2) is 0 Å². The van der Waals surface area contributed by atoms with Crippen molar-refractivity contribution in [3.05, 3.63) is 23.8 Å². The monoisotopic (exact) mass is 220 g/mol. The van der Waals surface area contributed by atoms with E-state index >= 15 is 0 Å². The molecule has 2 N–H and O–H groups in total. The second-order valence-corrected chi connectivity index (χ2v) is 3.31. The number of ether oxygens (including phenoxy) is 2. The molecule has 0 aliphatic carbocycles. The summed E-state index contributed by atoms with van der Waals surface area (Å²) in [4.78, 5) is 0. The molecule has 0 aliphatic heterocycles. The van der Waals surface area contributed by atoms with Crippen LogP contribution in [0.2, 0.25) is 0 Å². The van der Waals surface area contributed by atoms with E-state index in [0.717, 1.165) is 5.56 Å². The van der Waals surface area contributed by atoms with Crippen LogP contribution >= 0.6 is 0 Å². The zero-order chi connectivity index (χ0) is 12.0. The van der Waals surface area contributed by atoms with Gasteiger partial charge in [-0.05, 0) is 24.6 Å². The number of hydrogen-bond acceptors (Lipinski definition) is 4. The van der Waals surface area contributed by atoms with Crippen molar-refractivity contribution in [3.8, 4) is 17.6 Å². The third-order valence-electron chi connectivity index (χ3n) is 2.23. The summed E-state index contributed by atoms with van der Waals surface area (Å²) in [6, 6.07) is 7.24. The molecule has 1 aromatic carbocycles. The fourth-order valence-corrected chi connectivity index (χ4v) is 1.41. The van der Waals surface area contributed by atoms with Crippen molar-refractivity contribution in [1.82, 2.24) is 0 Å². The lowest BCUT2D eigenvalue weighted by atomic mass is 10.0. The first-order chi connectivity index (χ1) is 7.72. The Labute approximate surface area is 95.6 Å². The number of nitrogens with zero attached hydrogens (tertiary/aromatic N) is 1. The van der Waals surface area contributed by atoms with Gasteiger partial charge in [-0.15, -0.1) is 0 Å². The highest BCUT2D eigenvalue weighted by Crippen LogP contribution is 2.30. The average molecular weight is 220 g/mol. The number of rotatable bonds is 5. The molecule has 0 bridgehead atoms. The molecule has 0 amide bonds. The predicted octanol–water partition coefficient (Wildman–Crippen LogP) is 2.01. The van der Waals surface area contributed by atoms with E-state index in [1.165, 1.54) is 0 Å². The molecule has 16 heavy (non-hydrogen) atoms. The molecule has 0 saturated carbocycles. The van der Waals surface area contributed by atoms with Crippen LogP contribution in [-0.2, 0) is 0 Å². The van der Waals surface area contributed by atoms with Crippen LogP contribution in [0.3, 0.4) is 0 Å². The van der Waals surface area contributed by atoms with E-state index in [1.54, 1.807) is 13.2 Å². The maximum absolute atomic E-state index is 8.59. The number of nitriles is 1. The molecule has 86 valence electrons. The van der Waals surface area contributed by atoms with E-state index in [1.807, 2.05) is 25.1 Å². The summed E-state index contributed by atoms with van der Waals surface area (Å²) in [5.41, 5.74) is 6.72. The van der Waals surface area contributed by atoms with E-state index < -0.39 is 0 Å². The third kappa shape index (κ3) is 2.88. The number of benzene rings is 1. The zero-order valence-corrected chi connectivity index (χ0v) is 9.56. The highest BCUT2D eigenvalue weighted by molar-refractivity contribution is 5.43. The number of nitrogens with two attached hydrogens (primary N) is 1. The maximum atomic E-state index is 8.59. The van der Waals surface area contributed by atoms with Crippen molar-refractivity contribution in [2.45, 2.75) is 19.4 Å². The minimum absolute atomic E-state index is 0.282. The predicted molar refractivity (Wildman–Crippen MR) is 61.3 cm³/mol. The Bertz CT molecular complexity index is 385. The first kappa shape index (κ1) is 12.3. The van der Waals surface area contributed by atoms with Gasteiger partial charge in [0.05, 0.1) is 26.2 Å². The summed E-state index contributed by atoms with van der Waals surface area (Å²) >= 11 is 0. The van der Waals surface area contributed by atoms with E-state index in [-0.39, 0.29) is 12.5 Å². The fraction of sp³-hybridized carbons (Fsp3) is 0.417. The second-order valence-electron chi connectivity index (χ2n) is 3.31. The Balaban J connectivity index is 2.97. The van der Waals surface area contributed by atoms with Gasteiger partial charge < -0.3 is 15.2 Å². The number of hydrogen-bond donors (Lipinski definition) is 1. The molecule has 1 atom stereocenters. The minimum atomic E-state index is -0.282. The van der Waals surface area contributed by atoms with Crippen LogP contribution in [0.5, 0.6) is 11.5 Å². The van der Waals surface area contributed by atoms with Crippen LogP contribution in [0.25, 0.3) is 0 Å². The van der Waals surface area contributed by atoms with Gasteiger partial charge in [-0.3, -0.25) is 0 Å². The van der Waals surface area contributed by atoms with Gasteiger partial charge in [0.25, 0.3) is 0 Å². The second kappa shape index (κ2) is 5.99. The van der Waals surface area contributed by atoms with Gasteiger partial charge in [0.15, 0.2) is 11.5 Å². The molecular weight excluding hydrogens is 204 g/mol.